The van der Waals surface area contributed by atoms with Crippen LogP contribution in [0.5, 0.6) is 0 Å². The van der Waals surface area contributed by atoms with Crippen LogP contribution in [0.15, 0.2) is 18.3 Å². The molecule has 84 valence electrons. The van der Waals surface area contributed by atoms with Gasteiger partial charge in [-0.2, -0.15) is 0 Å². The van der Waals surface area contributed by atoms with Crippen LogP contribution in [-0.2, 0) is 4.74 Å². The summed E-state index contributed by atoms with van der Waals surface area (Å²) in [4.78, 5) is 15.6. The Labute approximate surface area is 105 Å². The molecule has 0 spiro atoms. The molecule has 0 unspecified atom stereocenters. The van der Waals surface area contributed by atoms with Gasteiger partial charge in [0, 0.05) is 6.20 Å². The molecular weight excluding hydrogens is 326 g/mol. The number of carbonyl (C=O) groups excluding carboxylic acids is 1. The van der Waals surface area contributed by atoms with Gasteiger partial charge in [0.25, 0.3) is 0 Å². The van der Waals surface area contributed by atoms with E-state index in [9.17, 15) is 9.18 Å². The van der Waals surface area contributed by atoms with E-state index in [0.29, 0.717) is 9.35 Å². The molecule has 0 atom stereocenters. The molecule has 0 N–H and O–H groups in total. The Bertz CT molecular complexity index is 553. The molecule has 0 amide bonds. The zero-order valence-corrected chi connectivity index (χ0v) is 10.6. The van der Waals surface area contributed by atoms with Crippen molar-refractivity contribution in [3.8, 4) is 0 Å². The average Bonchev–Trinajstić information content (AvgIpc) is 2.57. The van der Waals surface area contributed by atoms with E-state index >= 15 is 0 Å². The minimum absolute atomic E-state index is 0.216. The van der Waals surface area contributed by atoms with E-state index < -0.39 is 5.97 Å². The molecule has 16 heavy (non-hydrogen) atoms. The molecule has 0 saturated heterocycles. The number of hydrogen-bond acceptors (Lipinski definition) is 3. The van der Waals surface area contributed by atoms with Crippen molar-refractivity contribution in [1.29, 1.82) is 0 Å². The molecule has 2 aromatic rings. The molecule has 2 aromatic heterocycles. The van der Waals surface area contributed by atoms with Gasteiger partial charge in [-0.15, -0.1) is 0 Å². The van der Waals surface area contributed by atoms with Crippen molar-refractivity contribution in [1.82, 2.24) is 9.38 Å². The number of rotatable bonds is 2. The standard InChI is InChI=1S/C10H8FIN2O2/c1-2-16-10(15)8-9(12)14-5-6(11)3-4-7(14)13-8/h3-5H,2H2,1H3. The lowest BCUT2D eigenvalue weighted by atomic mass is 10.5. The number of hydrogen-bond donors (Lipinski definition) is 0. The summed E-state index contributed by atoms with van der Waals surface area (Å²) in [6.07, 6.45) is 1.28. The third kappa shape index (κ3) is 1.89. The highest BCUT2D eigenvalue weighted by Gasteiger charge is 2.18. The first-order valence-electron chi connectivity index (χ1n) is 4.63. The molecule has 6 heteroatoms. The van der Waals surface area contributed by atoms with Crippen LogP contribution in [0.3, 0.4) is 0 Å². The lowest BCUT2D eigenvalue weighted by Crippen LogP contribution is -2.07. The topological polar surface area (TPSA) is 43.6 Å². The summed E-state index contributed by atoms with van der Waals surface area (Å²) in [5.74, 6) is -0.866. The molecule has 0 aliphatic heterocycles. The molecule has 0 fully saturated rings. The summed E-state index contributed by atoms with van der Waals surface area (Å²) in [6, 6.07) is 2.81. The van der Waals surface area contributed by atoms with Gasteiger partial charge >= 0.3 is 5.97 Å². The highest BCUT2D eigenvalue weighted by atomic mass is 127. The quantitative estimate of drug-likeness (QED) is 0.625. The molecule has 0 bridgehead atoms. The maximum absolute atomic E-state index is 13.0. The van der Waals surface area contributed by atoms with Gasteiger partial charge in [0.15, 0.2) is 5.69 Å². The molecule has 0 saturated carbocycles. The Morgan fingerprint density at radius 2 is 2.38 bits per heavy atom. The zero-order chi connectivity index (χ0) is 11.7. The summed E-state index contributed by atoms with van der Waals surface area (Å²) >= 11 is 1.94. The number of imidazole rings is 1. The maximum atomic E-state index is 13.0. The van der Waals surface area contributed by atoms with Gasteiger partial charge in [-0.3, -0.25) is 4.40 Å². The number of aromatic nitrogens is 2. The Morgan fingerprint density at radius 1 is 1.62 bits per heavy atom. The summed E-state index contributed by atoms with van der Waals surface area (Å²) in [7, 11) is 0. The van der Waals surface area contributed by atoms with Gasteiger partial charge in [-0.1, -0.05) is 0 Å². The molecule has 4 nitrogen and oxygen atoms in total. The molecule has 0 radical (unpaired) electrons. The maximum Gasteiger partial charge on any atom is 0.359 e. The van der Waals surface area contributed by atoms with Crippen LogP contribution in [-0.4, -0.2) is 22.0 Å². The van der Waals surface area contributed by atoms with Gasteiger partial charge in [0.1, 0.15) is 15.2 Å². The van der Waals surface area contributed by atoms with Crippen molar-refractivity contribution in [2.75, 3.05) is 6.61 Å². The van der Waals surface area contributed by atoms with E-state index in [1.54, 1.807) is 6.92 Å². The van der Waals surface area contributed by atoms with Crippen molar-refractivity contribution >= 4 is 34.2 Å². The van der Waals surface area contributed by atoms with Crippen molar-refractivity contribution < 1.29 is 13.9 Å². The second-order valence-corrected chi connectivity index (χ2v) is 4.07. The minimum Gasteiger partial charge on any atom is -0.461 e. The monoisotopic (exact) mass is 334 g/mol. The third-order valence-electron chi connectivity index (χ3n) is 1.99. The summed E-state index contributed by atoms with van der Waals surface area (Å²) in [5.41, 5.74) is 0.738. The fourth-order valence-electron chi connectivity index (χ4n) is 1.32. The second kappa shape index (κ2) is 4.36. The van der Waals surface area contributed by atoms with Gasteiger partial charge in [-0.05, 0) is 41.6 Å². The Balaban J connectivity index is 2.56. The van der Waals surface area contributed by atoms with E-state index in [4.69, 9.17) is 4.74 Å². The van der Waals surface area contributed by atoms with Gasteiger partial charge in [0.2, 0.25) is 0 Å². The summed E-state index contributed by atoms with van der Waals surface area (Å²) in [5, 5.41) is 0. The lowest BCUT2D eigenvalue weighted by molar-refractivity contribution is 0.0519. The fourth-order valence-corrected chi connectivity index (χ4v) is 2.05. The third-order valence-corrected chi connectivity index (χ3v) is 3.02. The number of ether oxygens (including phenoxy) is 1. The van der Waals surface area contributed by atoms with Crippen LogP contribution >= 0.6 is 22.6 Å². The number of carbonyl (C=O) groups is 1. The van der Waals surface area contributed by atoms with Crippen LogP contribution in [0, 0.1) is 9.52 Å². The van der Waals surface area contributed by atoms with Gasteiger partial charge in [0.05, 0.1) is 6.61 Å². The predicted molar refractivity (Wildman–Crippen MR) is 63.8 cm³/mol. The van der Waals surface area contributed by atoms with Crippen molar-refractivity contribution in [3.63, 3.8) is 0 Å². The van der Waals surface area contributed by atoms with E-state index in [0.717, 1.165) is 0 Å². The lowest BCUT2D eigenvalue weighted by Gasteiger charge is -1.98. The van der Waals surface area contributed by atoms with Gasteiger partial charge < -0.3 is 4.74 Å². The smallest absolute Gasteiger partial charge is 0.359 e. The number of halogens is 2. The minimum atomic E-state index is -0.490. The van der Waals surface area contributed by atoms with Crippen LogP contribution in [0.1, 0.15) is 17.4 Å². The molecular formula is C10H8FIN2O2. The Hall–Kier alpha value is -1.18. The average molecular weight is 334 g/mol. The first kappa shape index (κ1) is 11.3. The zero-order valence-electron chi connectivity index (χ0n) is 8.41. The van der Waals surface area contributed by atoms with E-state index in [1.807, 2.05) is 22.6 Å². The Kier molecular flexibility index (Phi) is 3.08. The number of nitrogens with zero attached hydrogens (tertiary/aromatic N) is 2. The number of fused-ring (bicyclic) bond motifs is 1. The van der Waals surface area contributed by atoms with Gasteiger partial charge in [-0.25, -0.2) is 14.2 Å². The largest absolute Gasteiger partial charge is 0.461 e. The van der Waals surface area contributed by atoms with E-state index in [-0.39, 0.29) is 18.1 Å². The SMILES string of the molecule is CCOC(=O)c1nc2ccc(F)cn2c1I. The Morgan fingerprint density at radius 3 is 3.06 bits per heavy atom. The number of esters is 1. The highest BCUT2D eigenvalue weighted by molar-refractivity contribution is 14.1. The normalized spacial score (nSPS) is 10.7. The van der Waals surface area contributed by atoms with Crippen molar-refractivity contribution in [2.24, 2.45) is 0 Å². The molecule has 0 aliphatic carbocycles. The van der Waals surface area contributed by atoms with Crippen molar-refractivity contribution in [2.45, 2.75) is 6.92 Å². The molecule has 0 aliphatic rings. The molecule has 0 aromatic carbocycles. The van der Waals surface area contributed by atoms with Crippen LogP contribution in [0.2, 0.25) is 0 Å². The van der Waals surface area contributed by atoms with Crippen LogP contribution in [0.4, 0.5) is 4.39 Å². The first-order chi connectivity index (χ1) is 7.63. The van der Waals surface area contributed by atoms with E-state index in [1.165, 1.54) is 22.7 Å². The van der Waals surface area contributed by atoms with Crippen molar-refractivity contribution in [3.05, 3.63) is 33.5 Å². The summed E-state index contributed by atoms with van der Waals surface area (Å²) in [6.45, 7) is 2.01. The van der Waals surface area contributed by atoms with Crippen LogP contribution < -0.4 is 0 Å². The first-order valence-corrected chi connectivity index (χ1v) is 5.71. The predicted octanol–water partition coefficient (Wildman–Crippen LogP) is 2.25. The molecule has 2 heterocycles. The number of pyridine rings is 1. The molecule has 2 rings (SSSR count). The summed E-state index contributed by atoms with van der Waals surface area (Å²) < 4.78 is 19.9. The second-order valence-electron chi connectivity index (χ2n) is 3.05. The highest BCUT2D eigenvalue weighted by Crippen LogP contribution is 2.16. The van der Waals surface area contributed by atoms with E-state index in [2.05, 4.69) is 4.98 Å². The fraction of sp³-hybridized carbons (Fsp3) is 0.200. The van der Waals surface area contributed by atoms with Crippen LogP contribution in [0.25, 0.3) is 5.65 Å².